The summed E-state index contributed by atoms with van der Waals surface area (Å²) in [4.78, 5) is 13.5. The minimum absolute atomic E-state index is 0.0222. The maximum atomic E-state index is 12.4. The van der Waals surface area contributed by atoms with Gasteiger partial charge in [0.1, 0.15) is 5.75 Å². The number of amides is 1. The molecule has 140 valence electrons. The standard InChI is InChI=1S/C21H26ClNO2S/c1-15(2)14-20(16-4-8-18(25-3)9-5-16)23-21(24)12-13-26-19-10-6-17(22)7-11-19/h4-11,15,20H,12-14H2,1-3H3,(H,23,24)/t20-/m1/s1. The second kappa shape index (κ2) is 10.5. The first-order chi connectivity index (χ1) is 12.5. The van der Waals surface area contributed by atoms with Crippen LogP contribution in [0.2, 0.25) is 5.02 Å². The molecule has 0 fully saturated rings. The van der Waals surface area contributed by atoms with Crippen LogP contribution < -0.4 is 10.1 Å². The van der Waals surface area contributed by atoms with Gasteiger partial charge in [-0.05, 0) is 54.3 Å². The van der Waals surface area contributed by atoms with Crippen molar-refractivity contribution >= 4 is 29.3 Å². The smallest absolute Gasteiger partial charge is 0.221 e. The van der Waals surface area contributed by atoms with Crippen LogP contribution in [0.4, 0.5) is 0 Å². The van der Waals surface area contributed by atoms with Gasteiger partial charge in [-0.3, -0.25) is 4.79 Å². The lowest BCUT2D eigenvalue weighted by Gasteiger charge is -2.21. The molecule has 0 unspecified atom stereocenters. The number of benzene rings is 2. The van der Waals surface area contributed by atoms with Crippen LogP contribution in [0.3, 0.4) is 0 Å². The Kier molecular flexibility index (Phi) is 8.33. The lowest BCUT2D eigenvalue weighted by Crippen LogP contribution is -2.29. The minimum Gasteiger partial charge on any atom is -0.497 e. The highest BCUT2D eigenvalue weighted by molar-refractivity contribution is 7.99. The van der Waals surface area contributed by atoms with E-state index in [4.69, 9.17) is 16.3 Å². The van der Waals surface area contributed by atoms with Gasteiger partial charge in [0, 0.05) is 22.1 Å². The number of halogens is 1. The van der Waals surface area contributed by atoms with Crippen LogP contribution in [0.5, 0.6) is 5.75 Å². The van der Waals surface area contributed by atoms with Crippen LogP contribution in [-0.2, 0) is 4.79 Å². The molecule has 26 heavy (non-hydrogen) atoms. The van der Waals surface area contributed by atoms with Gasteiger partial charge in [-0.15, -0.1) is 11.8 Å². The molecule has 0 saturated heterocycles. The van der Waals surface area contributed by atoms with Gasteiger partial charge >= 0.3 is 0 Å². The zero-order valence-corrected chi connectivity index (χ0v) is 17.1. The molecule has 1 atom stereocenters. The number of rotatable bonds is 9. The van der Waals surface area contributed by atoms with Gasteiger partial charge in [0.15, 0.2) is 0 Å². The predicted octanol–water partition coefficient (Wildman–Crippen LogP) is 5.73. The Hall–Kier alpha value is -1.65. The third-order valence-corrected chi connectivity index (χ3v) is 5.24. The molecule has 0 radical (unpaired) electrons. The van der Waals surface area contributed by atoms with E-state index in [0.29, 0.717) is 12.3 Å². The summed E-state index contributed by atoms with van der Waals surface area (Å²) in [5, 5.41) is 3.91. The Morgan fingerprint density at radius 3 is 2.35 bits per heavy atom. The van der Waals surface area contributed by atoms with Crippen molar-refractivity contribution in [2.45, 2.75) is 37.6 Å². The Morgan fingerprint density at radius 2 is 1.77 bits per heavy atom. The Bertz CT molecular complexity index is 686. The Balaban J connectivity index is 1.89. The zero-order valence-electron chi connectivity index (χ0n) is 15.5. The van der Waals surface area contributed by atoms with Crippen molar-refractivity contribution in [1.29, 1.82) is 0 Å². The monoisotopic (exact) mass is 391 g/mol. The SMILES string of the molecule is COc1ccc([C@@H](CC(C)C)NC(=O)CCSc2ccc(Cl)cc2)cc1. The van der Waals surface area contributed by atoms with Gasteiger partial charge in [-0.1, -0.05) is 37.6 Å². The number of nitrogens with one attached hydrogen (secondary N) is 1. The summed E-state index contributed by atoms with van der Waals surface area (Å²) in [6.07, 6.45) is 1.39. The molecule has 0 spiro atoms. The highest BCUT2D eigenvalue weighted by atomic mass is 35.5. The molecule has 2 rings (SSSR count). The molecule has 0 saturated carbocycles. The van der Waals surface area contributed by atoms with E-state index in [1.54, 1.807) is 18.9 Å². The van der Waals surface area contributed by atoms with E-state index in [0.717, 1.165) is 33.4 Å². The van der Waals surface area contributed by atoms with Crippen LogP contribution >= 0.6 is 23.4 Å². The molecular formula is C21H26ClNO2S. The number of carbonyl (C=O) groups is 1. The van der Waals surface area contributed by atoms with Crippen molar-refractivity contribution in [1.82, 2.24) is 5.32 Å². The number of hydrogen-bond acceptors (Lipinski definition) is 3. The van der Waals surface area contributed by atoms with Crippen LogP contribution in [0.15, 0.2) is 53.4 Å². The summed E-state index contributed by atoms with van der Waals surface area (Å²) < 4.78 is 5.22. The maximum Gasteiger partial charge on any atom is 0.221 e. The van der Waals surface area contributed by atoms with E-state index in [1.807, 2.05) is 48.5 Å². The molecule has 2 aromatic rings. The molecule has 1 N–H and O–H groups in total. The summed E-state index contributed by atoms with van der Waals surface area (Å²) in [5.74, 6) is 2.13. The zero-order chi connectivity index (χ0) is 18.9. The third kappa shape index (κ3) is 6.93. The number of thioether (sulfide) groups is 1. The first kappa shape index (κ1) is 20.7. The topological polar surface area (TPSA) is 38.3 Å². The minimum atomic E-state index is 0.0222. The molecule has 0 heterocycles. The van der Waals surface area contributed by atoms with Crippen molar-refractivity contribution in [3.63, 3.8) is 0 Å². The molecule has 0 aromatic heterocycles. The average Bonchev–Trinajstić information content (AvgIpc) is 2.62. The van der Waals surface area contributed by atoms with Gasteiger partial charge in [0.05, 0.1) is 13.2 Å². The van der Waals surface area contributed by atoms with Gasteiger partial charge in [-0.25, -0.2) is 0 Å². The first-order valence-corrected chi connectivity index (χ1v) is 10.2. The molecule has 3 nitrogen and oxygen atoms in total. The highest BCUT2D eigenvalue weighted by Gasteiger charge is 2.16. The normalized spacial score (nSPS) is 12.0. The van der Waals surface area contributed by atoms with Crippen LogP contribution in [0.25, 0.3) is 0 Å². The summed E-state index contributed by atoms with van der Waals surface area (Å²) in [7, 11) is 1.65. The molecule has 1 amide bonds. The molecule has 2 aromatic carbocycles. The predicted molar refractivity (Wildman–Crippen MR) is 110 cm³/mol. The van der Waals surface area contributed by atoms with E-state index in [1.165, 1.54) is 0 Å². The van der Waals surface area contributed by atoms with E-state index in [9.17, 15) is 4.79 Å². The molecule has 0 aliphatic heterocycles. The van der Waals surface area contributed by atoms with Gasteiger partial charge in [0.2, 0.25) is 5.91 Å². The lowest BCUT2D eigenvalue weighted by atomic mass is 9.97. The van der Waals surface area contributed by atoms with E-state index < -0.39 is 0 Å². The van der Waals surface area contributed by atoms with E-state index >= 15 is 0 Å². The number of carbonyl (C=O) groups excluding carboxylic acids is 1. The van der Waals surface area contributed by atoms with Crippen molar-refractivity contribution in [3.05, 3.63) is 59.1 Å². The Labute approximate surface area is 165 Å². The Morgan fingerprint density at radius 1 is 1.12 bits per heavy atom. The molecule has 0 bridgehead atoms. The highest BCUT2D eigenvalue weighted by Crippen LogP contribution is 2.24. The average molecular weight is 392 g/mol. The third-order valence-electron chi connectivity index (χ3n) is 3.97. The van der Waals surface area contributed by atoms with Crippen LogP contribution in [-0.4, -0.2) is 18.8 Å². The quantitative estimate of drug-likeness (QED) is 0.554. The molecule has 5 heteroatoms. The van der Waals surface area contributed by atoms with Crippen LogP contribution in [0, 0.1) is 5.92 Å². The van der Waals surface area contributed by atoms with Gasteiger partial charge < -0.3 is 10.1 Å². The fourth-order valence-corrected chi connectivity index (χ4v) is 3.62. The van der Waals surface area contributed by atoms with Crippen molar-refractivity contribution in [3.8, 4) is 5.75 Å². The van der Waals surface area contributed by atoms with E-state index in [2.05, 4.69) is 19.2 Å². The number of ether oxygens (including phenoxy) is 1. The summed E-state index contributed by atoms with van der Waals surface area (Å²) in [6, 6.07) is 15.6. The summed E-state index contributed by atoms with van der Waals surface area (Å²) in [5.41, 5.74) is 1.11. The largest absolute Gasteiger partial charge is 0.497 e. The second-order valence-corrected chi connectivity index (χ2v) is 8.18. The summed E-state index contributed by atoms with van der Waals surface area (Å²) >= 11 is 7.55. The molecule has 0 aliphatic carbocycles. The fourth-order valence-electron chi connectivity index (χ4n) is 2.64. The number of hydrogen-bond donors (Lipinski definition) is 1. The lowest BCUT2D eigenvalue weighted by molar-refractivity contribution is -0.121. The summed E-state index contributed by atoms with van der Waals surface area (Å²) in [6.45, 7) is 4.33. The van der Waals surface area contributed by atoms with Crippen molar-refractivity contribution in [2.75, 3.05) is 12.9 Å². The molecular weight excluding hydrogens is 366 g/mol. The van der Waals surface area contributed by atoms with Crippen molar-refractivity contribution < 1.29 is 9.53 Å². The van der Waals surface area contributed by atoms with Gasteiger partial charge in [-0.2, -0.15) is 0 Å². The molecule has 0 aliphatic rings. The van der Waals surface area contributed by atoms with Crippen LogP contribution in [0.1, 0.15) is 38.3 Å². The maximum absolute atomic E-state index is 12.4. The van der Waals surface area contributed by atoms with Crippen molar-refractivity contribution in [2.24, 2.45) is 5.92 Å². The second-order valence-electron chi connectivity index (χ2n) is 6.58. The first-order valence-electron chi connectivity index (χ1n) is 8.79. The van der Waals surface area contributed by atoms with E-state index in [-0.39, 0.29) is 11.9 Å². The fraction of sp³-hybridized carbons (Fsp3) is 0.381. The number of methoxy groups -OCH3 is 1. The van der Waals surface area contributed by atoms with Gasteiger partial charge in [0.25, 0.3) is 0 Å².